The fourth-order valence-corrected chi connectivity index (χ4v) is 2.24. The molecule has 6 nitrogen and oxygen atoms in total. The van der Waals surface area contributed by atoms with Crippen LogP contribution in [0.5, 0.6) is 0 Å². The van der Waals surface area contributed by atoms with Crippen LogP contribution < -0.4 is 9.83 Å². The molecule has 0 saturated carbocycles. The van der Waals surface area contributed by atoms with Crippen molar-refractivity contribution in [2.75, 3.05) is 0 Å². The predicted octanol–water partition coefficient (Wildman–Crippen LogP) is -0.393. The Bertz CT molecular complexity index is 549. The van der Waals surface area contributed by atoms with Crippen molar-refractivity contribution < 1.29 is 31.5 Å². The van der Waals surface area contributed by atoms with Gasteiger partial charge in [0.1, 0.15) is 10.9 Å². The second-order valence-corrected chi connectivity index (χ2v) is 5.14. The number of carbonyl (C=O) groups is 1. The number of aromatic nitrogens is 1. The molecular formula is C8H8F3N2O4S-. The molecule has 1 heterocycles. The third-order valence-electron chi connectivity index (χ3n) is 2.01. The Morgan fingerprint density at radius 1 is 1.50 bits per heavy atom. The number of carboxylic acid groups (broad SMARTS) is 1. The molecule has 1 rings (SSSR count). The van der Waals surface area contributed by atoms with Gasteiger partial charge >= 0.3 is 6.18 Å². The highest BCUT2D eigenvalue weighted by Crippen LogP contribution is 2.21. The lowest BCUT2D eigenvalue weighted by molar-refractivity contribution is -0.255. The predicted molar refractivity (Wildman–Crippen MR) is 51.0 cm³/mol. The third kappa shape index (κ3) is 3.23. The third-order valence-corrected chi connectivity index (χ3v) is 3.53. The Kier molecular flexibility index (Phi) is 3.72. The monoisotopic (exact) mass is 285 g/mol. The van der Waals surface area contributed by atoms with Gasteiger partial charge in [-0.3, -0.25) is 0 Å². The number of carbonyl (C=O) groups excluding carboxylic acids is 1. The number of aromatic carboxylic acids is 1. The summed E-state index contributed by atoms with van der Waals surface area (Å²) in [7, 11) is -4.45. The van der Waals surface area contributed by atoms with E-state index >= 15 is 0 Å². The van der Waals surface area contributed by atoms with E-state index in [9.17, 15) is 31.5 Å². The minimum atomic E-state index is -4.74. The maximum Gasteiger partial charge on any atom is 0.404 e. The van der Waals surface area contributed by atoms with Crippen LogP contribution in [0.25, 0.3) is 0 Å². The maximum atomic E-state index is 12.2. The van der Waals surface area contributed by atoms with Crippen LogP contribution in [0.3, 0.4) is 0 Å². The number of H-pyrrole nitrogens is 1. The molecule has 0 aromatic carbocycles. The van der Waals surface area contributed by atoms with Crippen molar-refractivity contribution in [3.05, 3.63) is 18.0 Å². The summed E-state index contributed by atoms with van der Waals surface area (Å²) in [6.45, 7) is 0.629. The second-order valence-electron chi connectivity index (χ2n) is 3.42. The highest BCUT2D eigenvalue weighted by Gasteiger charge is 2.39. The fourth-order valence-electron chi connectivity index (χ4n) is 1.02. The summed E-state index contributed by atoms with van der Waals surface area (Å²) >= 11 is 0. The van der Waals surface area contributed by atoms with Crippen molar-refractivity contribution in [3.8, 4) is 0 Å². The van der Waals surface area contributed by atoms with E-state index in [2.05, 4.69) is 4.98 Å². The molecule has 0 bridgehead atoms. The first-order chi connectivity index (χ1) is 8.04. The van der Waals surface area contributed by atoms with Gasteiger partial charge in [-0.2, -0.15) is 17.9 Å². The van der Waals surface area contributed by atoms with Crippen molar-refractivity contribution in [3.63, 3.8) is 0 Å². The number of rotatable bonds is 4. The topological polar surface area (TPSA) is 102 Å². The van der Waals surface area contributed by atoms with Gasteiger partial charge in [0.05, 0.1) is 11.7 Å². The molecule has 0 saturated heterocycles. The number of halogens is 3. The summed E-state index contributed by atoms with van der Waals surface area (Å²) in [6.07, 6.45) is -3.98. The summed E-state index contributed by atoms with van der Waals surface area (Å²) in [5.74, 6) is -1.67. The van der Waals surface area contributed by atoms with Crippen LogP contribution in [-0.4, -0.2) is 31.6 Å². The maximum absolute atomic E-state index is 12.2. The first kappa shape index (κ1) is 14.5. The Hall–Kier alpha value is -1.55. The van der Waals surface area contributed by atoms with Crippen LogP contribution in [-0.2, 0) is 10.0 Å². The Morgan fingerprint density at radius 3 is 2.44 bits per heavy atom. The van der Waals surface area contributed by atoms with E-state index in [1.54, 1.807) is 0 Å². The highest BCUT2D eigenvalue weighted by molar-refractivity contribution is 7.89. The molecule has 1 aromatic rings. The van der Waals surface area contributed by atoms with Crippen molar-refractivity contribution in [2.24, 2.45) is 0 Å². The molecule has 10 heteroatoms. The van der Waals surface area contributed by atoms with Gasteiger partial charge in [-0.15, -0.1) is 0 Å². The van der Waals surface area contributed by atoms with Crippen LogP contribution in [0.15, 0.2) is 17.2 Å². The molecule has 0 aliphatic carbocycles. The van der Waals surface area contributed by atoms with E-state index in [0.717, 1.165) is 6.20 Å². The van der Waals surface area contributed by atoms with Gasteiger partial charge in [0.2, 0.25) is 10.0 Å². The molecule has 0 radical (unpaired) electrons. The minimum Gasteiger partial charge on any atom is -0.543 e. The number of nitrogens with one attached hydrogen (secondary N) is 2. The van der Waals surface area contributed by atoms with E-state index in [-0.39, 0.29) is 0 Å². The van der Waals surface area contributed by atoms with Crippen molar-refractivity contribution in [2.45, 2.75) is 24.0 Å². The van der Waals surface area contributed by atoms with Gasteiger partial charge in [0.15, 0.2) is 0 Å². The highest BCUT2D eigenvalue weighted by atomic mass is 32.2. The van der Waals surface area contributed by atoms with Crippen molar-refractivity contribution in [1.82, 2.24) is 9.71 Å². The van der Waals surface area contributed by atoms with Crippen LogP contribution in [0.1, 0.15) is 17.4 Å². The summed E-state index contributed by atoms with van der Waals surface area (Å²) in [5.41, 5.74) is -0.546. The van der Waals surface area contributed by atoms with E-state index in [1.807, 2.05) is 0 Å². The summed E-state index contributed by atoms with van der Waals surface area (Å²) in [6, 6.07) is -1.62. The lowest BCUT2D eigenvalue weighted by atomic mass is 10.4. The first-order valence-corrected chi connectivity index (χ1v) is 6.01. The van der Waals surface area contributed by atoms with Crippen LogP contribution in [0, 0.1) is 0 Å². The van der Waals surface area contributed by atoms with E-state index in [0.29, 0.717) is 13.0 Å². The molecule has 0 unspecified atom stereocenters. The zero-order valence-electron chi connectivity index (χ0n) is 8.91. The molecule has 18 heavy (non-hydrogen) atoms. The Balaban J connectivity index is 2.96. The molecule has 0 amide bonds. The van der Waals surface area contributed by atoms with E-state index in [1.165, 1.54) is 4.72 Å². The van der Waals surface area contributed by atoms with Gasteiger partial charge in [0.25, 0.3) is 0 Å². The van der Waals surface area contributed by atoms with Gasteiger partial charge in [-0.1, -0.05) is 0 Å². The molecule has 102 valence electrons. The molecule has 0 fully saturated rings. The zero-order chi connectivity index (χ0) is 14.1. The van der Waals surface area contributed by atoms with Crippen LogP contribution >= 0.6 is 0 Å². The van der Waals surface area contributed by atoms with Crippen molar-refractivity contribution >= 4 is 16.0 Å². The minimum absolute atomic E-state index is 0.546. The number of carboxylic acids is 1. The van der Waals surface area contributed by atoms with E-state index < -0.39 is 38.8 Å². The lowest BCUT2D eigenvalue weighted by Crippen LogP contribution is -2.42. The first-order valence-electron chi connectivity index (χ1n) is 4.53. The smallest absolute Gasteiger partial charge is 0.404 e. The van der Waals surface area contributed by atoms with E-state index in [4.69, 9.17) is 0 Å². The second kappa shape index (κ2) is 4.61. The SMILES string of the molecule is C[C@@H](NS(=O)(=O)c1c[nH]c(C(=O)[O-])c1)C(F)(F)F. The molecule has 2 N–H and O–H groups in total. The number of hydrogen-bond acceptors (Lipinski definition) is 4. The average molecular weight is 285 g/mol. The van der Waals surface area contributed by atoms with Gasteiger partial charge in [0, 0.05) is 6.20 Å². The molecule has 1 atom stereocenters. The van der Waals surface area contributed by atoms with Crippen LogP contribution in [0.2, 0.25) is 0 Å². The molecule has 1 aromatic heterocycles. The quantitative estimate of drug-likeness (QED) is 0.786. The lowest BCUT2D eigenvalue weighted by Gasteiger charge is -2.16. The molecule has 0 spiro atoms. The standard InChI is InChI=1S/C8H9F3N2O4S/c1-4(8(9,10)11)13-18(16,17)5-2-6(7(14)15)12-3-5/h2-4,12-13H,1H3,(H,14,15)/p-1/t4-/m1/s1. The summed E-state index contributed by atoms with van der Waals surface area (Å²) in [4.78, 5) is 11.8. The number of aromatic amines is 1. The average Bonchev–Trinajstić information content (AvgIpc) is 2.64. The number of sulfonamides is 1. The normalized spacial score (nSPS) is 14.4. The summed E-state index contributed by atoms with van der Waals surface area (Å²) < 4.78 is 60.9. The molecule has 0 aliphatic rings. The fraction of sp³-hybridized carbons (Fsp3) is 0.375. The molecule has 0 aliphatic heterocycles. The Morgan fingerprint density at radius 2 is 2.06 bits per heavy atom. The number of alkyl halides is 3. The van der Waals surface area contributed by atoms with Crippen molar-refractivity contribution in [1.29, 1.82) is 0 Å². The van der Waals surface area contributed by atoms with Crippen LogP contribution in [0.4, 0.5) is 13.2 Å². The molecular weight excluding hydrogens is 277 g/mol. The van der Waals surface area contributed by atoms with Gasteiger partial charge in [-0.25, -0.2) is 8.42 Å². The summed E-state index contributed by atoms with van der Waals surface area (Å²) in [5, 5.41) is 10.4. The van der Waals surface area contributed by atoms with Gasteiger partial charge < -0.3 is 14.9 Å². The zero-order valence-corrected chi connectivity index (χ0v) is 9.72. The van der Waals surface area contributed by atoms with Gasteiger partial charge in [-0.05, 0) is 13.0 Å². The number of hydrogen-bond donors (Lipinski definition) is 2. The largest absolute Gasteiger partial charge is 0.543 e. The Labute approximate surface area is 99.9 Å².